The van der Waals surface area contributed by atoms with Crippen molar-refractivity contribution in [1.82, 2.24) is 10.1 Å². The molecule has 2 fully saturated rings. The Morgan fingerprint density at radius 1 is 1.45 bits per heavy atom. The van der Waals surface area contributed by atoms with E-state index in [-0.39, 0.29) is 12.1 Å². The third-order valence-electron chi connectivity index (χ3n) is 4.42. The molecule has 0 spiro atoms. The lowest BCUT2D eigenvalue weighted by Gasteiger charge is -2.25. The van der Waals surface area contributed by atoms with Crippen molar-refractivity contribution < 1.29 is 19.1 Å². The number of ether oxygens (including phenoxy) is 2. The van der Waals surface area contributed by atoms with E-state index >= 15 is 0 Å². The largest absolute Gasteiger partial charge is 0.389 e. The average Bonchev–Trinajstić information content (AvgIpc) is 3.20. The van der Waals surface area contributed by atoms with Gasteiger partial charge in [-0.25, -0.2) is 0 Å². The number of rotatable bonds is 7. The summed E-state index contributed by atoms with van der Waals surface area (Å²) < 4.78 is 16.5. The SMILES string of the molecule is Cc1cc([C@@H]2CCCN2C[C@@H](O)COC[C@@H]2CCCO2)on1. The van der Waals surface area contributed by atoms with Crippen molar-refractivity contribution in [2.75, 3.05) is 32.9 Å². The van der Waals surface area contributed by atoms with Gasteiger partial charge in [0.05, 0.1) is 37.2 Å². The minimum atomic E-state index is -0.481. The fraction of sp³-hybridized carbons (Fsp3) is 0.812. The first kappa shape index (κ1) is 15.9. The minimum absolute atomic E-state index is 0.212. The zero-order valence-corrected chi connectivity index (χ0v) is 13.2. The van der Waals surface area contributed by atoms with Crippen LogP contribution in [0.3, 0.4) is 0 Å². The highest BCUT2D eigenvalue weighted by atomic mass is 16.5. The van der Waals surface area contributed by atoms with Crippen molar-refractivity contribution in [3.05, 3.63) is 17.5 Å². The number of nitrogens with zero attached hydrogens (tertiary/aromatic N) is 2. The van der Waals surface area contributed by atoms with Crippen LogP contribution < -0.4 is 0 Å². The Kier molecular flexibility index (Phi) is 5.46. The second-order valence-corrected chi connectivity index (χ2v) is 6.35. The van der Waals surface area contributed by atoms with Gasteiger partial charge in [-0.05, 0) is 39.2 Å². The number of hydrogen-bond donors (Lipinski definition) is 1. The van der Waals surface area contributed by atoms with Gasteiger partial charge >= 0.3 is 0 Å². The highest BCUT2D eigenvalue weighted by Gasteiger charge is 2.30. The molecule has 2 saturated heterocycles. The minimum Gasteiger partial charge on any atom is -0.389 e. The summed E-state index contributed by atoms with van der Waals surface area (Å²) in [6.45, 7) is 5.30. The van der Waals surface area contributed by atoms with E-state index in [0.717, 1.165) is 50.3 Å². The first-order valence-corrected chi connectivity index (χ1v) is 8.27. The molecule has 0 aromatic carbocycles. The van der Waals surface area contributed by atoms with Crippen molar-refractivity contribution in [3.63, 3.8) is 0 Å². The number of aliphatic hydroxyl groups is 1. The van der Waals surface area contributed by atoms with Gasteiger partial charge in [-0.3, -0.25) is 4.90 Å². The normalized spacial score (nSPS) is 27.5. The van der Waals surface area contributed by atoms with E-state index in [4.69, 9.17) is 14.0 Å². The van der Waals surface area contributed by atoms with Gasteiger partial charge in [0.15, 0.2) is 5.76 Å². The van der Waals surface area contributed by atoms with Crippen LogP contribution in [-0.2, 0) is 9.47 Å². The molecule has 1 N–H and O–H groups in total. The molecule has 0 bridgehead atoms. The van der Waals surface area contributed by atoms with E-state index in [1.54, 1.807) is 0 Å². The van der Waals surface area contributed by atoms with E-state index < -0.39 is 6.10 Å². The molecular formula is C16H26N2O4. The highest BCUT2D eigenvalue weighted by molar-refractivity contribution is 5.09. The fourth-order valence-electron chi connectivity index (χ4n) is 3.34. The van der Waals surface area contributed by atoms with Gasteiger partial charge in [0.25, 0.3) is 0 Å². The van der Waals surface area contributed by atoms with Gasteiger partial charge < -0.3 is 19.1 Å². The van der Waals surface area contributed by atoms with E-state index in [2.05, 4.69) is 10.1 Å². The third kappa shape index (κ3) is 4.07. The van der Waals surface area contributed by atoms with Crippen molar-refractivity contribution in [2.45, 2.75) is 50.9 Å². The molecule has 22 heavy (non-hydrogen) atoms. The molecule has 2 aliphatic heterocycles. The summed E-state index contributed by atoms with van der Waals surface area (Å²) in [4.78, 5) is 2.26. The van der Waals surface area contributed by atoms with Crippen LogP contribution in [0, 0.1) is 6.92 Å². The summed E-state index contributed by atoms with van der Waals surface area (Å²) in [5.74, 6) is 0.905. The predicted molar refractivity (Wildman–Crippen MR) is 80.6 cm³/mol. The highest BCUT2D eigenvalue weighted by Crippen LogP contribution is 2.32. The number of hydrogen-bond acceptors (Lipinski definition) is 6. The number of β-amino-alcohol motifs (C(OH)–C–C–N with tert-alkyl or cyclic N) is 1. The Morgan fingerprint density at radius 2 is 2.36 bits per heavy atom. The quantitative estimate of drug-likeness (QED) is 0.826. The van der Waals surface area contributed by atoms with Crippen LogP contribution in [-0.4, -0.2) is 60.3 Å². The van der Waals surface area contributed by atoms with E-state index in [1.165, 1.54) is 0 Å². The summed E-state index contributed by atoms with van der Waals surface area (Å²) in [6.07, 6.45) is 4.08. The molecule has 1 aromatic rings. The van der Waals surface area contributed by atoms with Crippen LogP contribution in [0.15, 0.2) is 10.6 Å². The van der Waals surface area contributed by atoms with Crippen molar-refractivity contribution in [2.24, 2.45) is 0 Å². The zero-order chi connectivity index (χ0) is 15.4. The maximum atomic E-state index is 10.2. The van der Waals surface area contributed by atoms with Gasteiger partial charge in [-0.1, -0.05) is 5.16 Å². The van der Waals surface area contributed by atoms with Crippen LogP contribution in [0.5, 0.6) is 0 Å². The van der Waals surface area contributed by atoms with E-state index in [1.807, 2.05) is 13.0 Å². The summed E-state index contributed by atoms with van der Waals surface area (Å²) in [6, 6.07) is 2.22. The molecule has 124 valence electrons. The predicted octanol–water partition coefficient (Wildman–Crippen LogP) is 1.68. The number of likely N-dealkylation sites (tertiary alicyclic amines) is 1. The molecule has 6 heteroatoms. The van der Waals surface area contributed by atoms with Gasteiger partial charge in [0, 0.05) is 19.2 Å². The van der Waals surface area contributed by atoms with E-state index in [0.29, 0.717) is 19.8 Å². The maximum Gasteiger partial charge on any atom is 0.154 e. The van der Waals surface area contributed by atoms with Crippen LogP contribution >= 0.6 is 0 Å². The van der Waals surface area contributed by atoms with Crippen LogP contribution in [0.4, 0.5) is 0 Å². The molecule has 2 aliphatic rings. The summed E-state index contributed by atoms with van der Waals surface area (Å²) in [5, 5.41) is 14.2. The molecule has 0 unspecified atom stereocenters. The molecule has 0 aliphatic carbocycles. The first-order chi connectivity index (χ1) is 10.7. The van der Waals surface area contributed by atoms with Crippen LogP contribution in [0.2, 0.25) is 0 Å². The van der Waals surface area contributed by atoms with Gasteiger partial charge in [0.1, 0.15) is 0 Å². The lowest BCUT2D eigenvalue weighted by Crippen LogP contribution is -2.35. The Balaban J connectivity index is 1.42. The topological polar surface area (TPSA) is 68.0 Å². The number of aromatic nitrogens is 1. The number of aryl methyl sites for hydroxylation is 1. The lowest BCUT2D eigenvalue weighted by molar-refractivity contribution is -0.0268. The molecule has 0 radical (unpaired) electrons. The molecule has 0 amide bonds. The number of aliphatic hydroxyl groups excluding tert-OH is 1. The van der Waals surface area contributed by atoms with Crippen LogP contribution in [0.25, 0.3) is 0 Å². The smallest absolute Gasteiger partial charge is 0.154 e. The van der Waals surface area contributed by atoms with Crippen molar-refractivity contribution in [3.8, 4) is 0 Å². The molecule has 0 saturated carbocycles. The second-order valence-electron chi connectivity index (χ2n) is 6.35. The van der Waals surface area contributed by atoms with Crippen molar-refractivity contribution in [1.29, 1.82) is 0 Å². The Hall–Kier alpha value is -0.950. The van der Waals surface area contributed by atoms with Gasteiger partial charge in [-0.15, -0.1) is 0 Å². The Morgan fingerprint density at radius 3 is 3.09 bits per heavy atom. The Labute approximate surface area is 131 Å². The average molecular weight is 310 g/mol. The molecule has 3 heterocycles. The molecule has 3 rings (SSSR count). The standard InChI is InChI=1S/C16H26N2O4/c1-12-8-16(22-17-12)15-5-2-6-18(15)9-13(19)10-20-11-14-4-3-7-21-14/h8,13-15,19H,2-7,9-11H2,1H3/t13-,14+,15+/m1/s1. The monoisotopic (exact) mass is 310 g/mol. The molecule has 1 aromatic heterocycles. The van der Waals surface area contributed by atoms with Crippen molar-refractivity contribution >= 4 is 0 Å². The fourth-order valence-corrected chi connectivity index (χ4v) is 3.34. The lowest BCUT2D eigenvalue weighted by atomic mass is 10.1. The first-order valence-electron chi connectivity index (χ1n) is 8.27. The third-order valence-corrected chi connectivity index (χ3v) is 4.42. The Bertz CT molecular complexity index is 459. The maximum absolute atomic E-state index is 10.2. The zero-order valence-electron chi connectivity index (χ0n) is 13.2. The van der Waals surface area contributed by atoms with Gasteiger partial charge in [0.2, 0.25) is 0 Å². The second kappa shape index (κ2) is 7.55. The molecule has 3 atom stereocenters. The van der Waals surface area contributed by atoms with Gasteiger partial charge in [-0.2, -0.15) is 0 Å². The molecule has 6 nitrogen and oxygen atoms in total. The van der Waals surface area contributed by atoms with Crippen LogP contribution in [0.1, 0.15) is 43.2 Å². The summed E-state index contributed by atoms with van der Waals surface area (Å²) >= 11 is 0. The summed E-state index contributed by atoms with van der Waals surface area (Å²) in [5.41, 5.74) is 0.905. The summed E-state index contributed by atoms with van der Waals surface area (Å²) in [7, 11) is 0. The van der Waals surface area contributed by atoms with E-state index in [9.17, 15) is 5.11 Å². The molecular weight excluding hydrogens is 284 g/mol.